The van der Waals surface area contributed by atoms with Crippen molar-refractivity contribution in [2.45, 2.75) is 96.6 Å². The second-order valence-electron chi connectivity index (χ2n) is 11.9. The van der Waals surface area contributed by atoms with Crippen molar-refractivity contribution in [1.29, 1.82) is 0 Å². The van der Waals surface area contributed by atoms with E-state index in [1.807, 2.05) is 121 Å². The van der Waals surface area contributed by atoms with Crippen molar-refractivity contribution in [3.63, 3.8) is 0 Å². The van der Waals surface area contributed by atoms with Crippen LogP contribution in [0.1, 0.15) is 77.3 Å². The molecular weight excluding hydrogens is 530 g/mol. The molecule has 0 radical (unpaired) electrons. The lowest BCUT2D eigenvalue weighted by molar-refractivity contribution is -0.154. The Balaban J connectivity index is 0.000000420. The molecule has 2 aromatic carbocycles. The number of hydrogen-bond acceptors (Lipinski definition) is 8. The predicted octanol–water partition coefficient (Wildman–Crippen LogP) is 5.02. The first-order chi connectivity index (χ1) is 19.6. The van der Waals surface area contributed by atoms with Gasteiger partial charge in [-0.25, -0.2) is 0 Å². The first-order valence-corrected chi connectivity index (χ1v) is 14.7. The van der Waals surface area contributed by atoms with E-state index in [1.165, 1.54) is 0 Å². The largest absolute Gasteiger partial charge is 0.462 e. The van der Waals surface area contributed by atoms with Crippen LogP contribution in [0, 0.1) is 0 Å². The van der Waals surface area contributed by atoms with E-state index in [0.29, 0.717) is 12.8 Å². The molecule has 0 aliphatic carbocycles. The Labute approximate surface area is 253 Å². The Morgan fingerprint density at radius 3 is 1.38 bits per heavy atom. The molecule has 42 heavy (non-hydrogen) atoms. The summed E-state index contributed by atoms with van der Waals surface area (Å²) in [7, 11) is 7.45. The summed E-state index contributed by atoms with van der Waals surface area (Å²) in [5.74, 6) is -0.573. The maximum absolute atomic E-state index is 12.3. The number of benzene rings is 2. The van der Waals surface area contributed by atoms with Gasteiger partial charge in [0.05, 0.1) is 12.2 Å². The van der Waals surface area contributed by atoms with Crippen LogP contribution in [-0.2, 0) is 23.9 Å². The van der Waals surface area contributed by atoms with Gasteiger partial charge < -0.3 is 15.2 Å². The molecule has 2 aromatic rings. The molecule has 0 saturated heterocycles. The number of esters is 2. The van der Waals surface area contributed by atoms with Gasteiger partial charge in [0.1, 0.15) is 17.9 Å². The quantitative estimate of drug-likeness (QED) is 0.310. The zero-order valence-electron chi connectivity index (χ0n) is 27.2. The van der Waals surface area contributed by atoms with Gasteiger partial charge in [-0.05, 0) is 93.7 Å². The topological polar surface area (TPSA) is 102 Å². The van der Waals surface area contributed by atoms with Crippen molar-refractivity contribution in [2.24, 2.45) is 5.73 Å². The normalized spacial score (nSPS) is 14.9. The van der Waals surface area contributed by atoms with Gasteiger partial charge in [0.2, 0.25) is 0 Å². The van der Waals surface area contributed by atoms with Crippen molar-refractivity contribution in [3.05, 3.63) is 71.8 Å². The Kier molecular flexibility index (Phi) is 16.2. The third kappa shape index (κ3) is 12.8. The van der Waals surface area contributed by atoms with E-state index in [0.717, 1.165) is 11.1 Å². The van der Waals surface area contributed by atoms with E-state index in [2.05, 4.69) is 12.1 Å². The van der Waals surface area contributed by atoms with Crippen LogP contribution in [0.25, 0.3) is 0 Å². The van der Waals surface area contributed by atoms with Gasteiger partial charge in [0, 0.05) is 17.9 Å². The molecule has 0 bridgehead atoms. The molecule has 0 fully saturated rings. The summed E-state index contributed by atoms with van der Waals surface area (Å²) in [5.41, 5.74) is 8.25. The van der Waals surface area contributed by atoms with Crippen molar-refractivity contribution in [2.75, 3.05) is 28.2 Å². The van der Waals surface area contributed by atoms with Crippen molar-refractivity contribution >= 4 is 17.7 Å². The van der Waals surface area contributed by atoms with Crippen molar-refractivity contribution < 1.29 is 23.9 Å². The number of nitrogens with two attached hydrogens (primary N) is 1. The Morgan fingerprint density at radius 2 is 1.05 bits per heavy atom. The lowest BCUT2D eigenvalue weighted by atomic mass is 9.86. The molecule has 0 aliphatic heterocycles. The number of likely N-dealkylation sites (N-methyl/N-ethyl adjacent to an activating group) is 2. The van der Waals surface area contributed by atoms with Gasteiger partial charge in [0.15, 0.2) is 0 Å². The summed E-state index contributed by atoms with van der Waals surface area (Å²) in [4.78, 5) is 40.2. The second kappa shape index (κ2) is 18.5. The van der Waals surface area contributed by atoms with Crippen LogP contribution in [-0.4, -0.2) is 86.0 Å². The molecule has 5 atom stereocenters. The minimum Gasteiger partial charge on any atom is -0.462 e. The zero-order valence-corrected chi connectivity index (χ0v) is 27.2. The van der Waals surface area contributed by atoms with E-state index in [-0.39, 0.29) is 53.8 Å². The van der Waals surface area contributed by atoms with E-state index in [1.54, 1.807) is 6.92 Å². The van der Waals surface area contributed by atoms with Gasteiger partial charge in [-0.15, -0.1) is 0 Å². The third-order valence-electron chi connectivity index (χ3n) is 6.99. The maximum Gasteiger partial charge on any atom is 0.323 e. The molecular formula is C34H53N3O5. The Hall–Kier alpha value is -3.07. The van der Waals surface area contributed by atoms with Crippen molar-refractivity contribution in [3.8, 4) is 0 Å². The molecule has 2 rings (SSSR count). The van der Waals surface area contributed by atoms with E-state index in [4.69, 9.17) is 15.2 Å². The molecule has 0 spiro atoms. The van der Waals surface area contributed by atoms with Gasteiger partial charge in [0.25, 0.3) is 0 Å². The highest BCUT2D eigenvalue weighted by molar-refractivity contribution is 5.85. The number of carbonyl (C=O) groups excluding carboxylic acids is 3. The molecule has 8 nitrogen and oxygen atoms in total. The lowest BCUT2D eigenvalue weighted by Gasteiger charge is -2.29. The minimum absolute atomic E-state index is 0.0262. The first kappa shape index (κ1) is 37.0. The smallest absolute Gasteiger partial charge is 0.323 e. The van der Waals surface area contributed by atoms with E-state index in [9.17, 15) is 14.4 Å². The first-order valence-electron chi connectivity index (χ1n) is 14.7. The Bertz CT molecular complexity index is 1070. The molecule has 8 heteroatoms. The highest BCUT2D eigenvalue weighted by Crippen LogP contribution is 2.26. The molecule has 2 N–H and O–H groups in total. The van der Waals surface area contributed by atoms with Crippen LogP contribution >= 0.6 is 0 Å². The monoisotopic (exact) mass is 583 g/mol. The SMILES string of the molecule is CC(=O)C(CC(C(=O)OC(C)C)N(C)C)c1ccccc1.CC(C)OC(=O)C(CC(c1ccccc1)C(C)N)N(C)C. The van der Waals surface area contributed by atoms with Crippen LogP contribution in [0.2, 0.25) is 0 Å². The van der Waals surface area contributed by atoms with Gasteiger partial charge in [-0.1, -0.05) is 60.7 Å². The number of Topliss-reactive ketones (excluding diaryl/α,β-unsaturated/α-hetero) is 1. The Morgan fingerprint density at radius 1 is 0.667 bits per heavy atom. The van der Waals surface area contributed by atoms with Crippen molar-refractivity contribution in [1.82, 2.24) is 9.80 Å². The molecule has 234 valence electrons. The van der Waals surface area contributed by atoms with Crippen LogP contribution in [0.3, 0.4) is 0 Å². The summed E-state index contributed by atoms with van der Waals surface area (Å²) < 4.78 is 10.7. The summed E-state index contributed by atoms with van der Waals surface area (Å²) in [6.07, 6.45) is 0.816. The average Bonchev–Trinajstić information content (AvgIpc) is 2.89. The molecule has 0 aromatic heterocycles. The molecule has 0 heterocycles. The number of nitrogens with zero attached hydrogens (tertiary/aromatic N) is 2. The summed E-state index contributed by atoms with van der Waals surface area (Å²) in [6, 6.07) is 18.9. The van der Waals surface area contributed by atoms with Crippen LogP contribution < -0.4 is 5.73 Å². The van der Waals surface area contributed by atoms with Gasteiger partial charge in [-0.3, -0.25) is 24.2 Å². The standard InChI is InChI=1S/C17H28N2O2.C17H25NO3/c1-12(2)21-17(20)16(19(4)5)11-15(13(3)18)14-9-7-6-8-10-14;1-12(2)21-17(20)16(18(4)5)11-15(13(3)19)14-9-7-6-8-10-14/h6-10,12-13,15-16H,11,18H2,1-5H3;6-10,12,15-16H,11H2,1-5H3. The fourth-order valence-corrected chi connectivity index (χ4v) is 4.70. The summed E-state index contributed by atoms with van der Waals surface area (Å²) in [6.45, 7) is 10.9. The zero-order chi connectivity index (χ0) is 32.0. The third-order valence-corrected chi connectivity index (χ3v) is 6.99. The second-order valence-corrected chi connectivity index (χ2v) is 11.9. The van der Waals surface area contributed by atoms with E-state index < -0.39 is 6.04 Å². The highest BCUT2D eigenvalue weighted by atomic mass is 16.5. The average molecular weight is 584 g/mol. The maximum atomic E-state index is 12.3. The molecule has 5 unspecified atom stereocenters. The number of carbonyl (C=O) groups is 3. The fraction of sp³-hybridized carbons (Fsp3) is 0.559. The summed E-state index contributed by atoms with van der Waals surface area (Å²) in [5, 5.41) is 0. The molecule has 0 aliphatic rings. The highest BCUT2D eigenvalue weighted by Gasteiger charge is 2.30. The predicted molar refractivity (Wildman–Crippen MR) is 169 cm³/mol. The van der Waals surface area contributed by atoms with Gasteiger partial charge >= 0.3 is 11.9 Å². The number of ether oxygens (including phenoxy) is 2. The van der Waals surface area contributed by atoms with Crippen LogP contribution in [0.4, 0.5) is 0 Å². The summed E-state index contributed by atoms with van der Waals surface area (Å²) >= 11 is 0. The number of ketones is 1. The number of rotatable bonds is 14. The lowest BCUT2D eigenvalue weighted by Crippen LogP contribution is -2.41. The fourth-order valence-electron chi connectivity index (χ4n) is 4.70. The molecule has 0 saturated carbocycles. The van der Waals surface area contributed by atoms with Crippen LogP contribution in [0.15, 0.2) is 60.7 Å². The minimum atomic E-state index is -0.429. The van der Waals surface area contributed by atoms with Gasteiger partial charge in [-0.2, -0.15) is 0 Å². The van der Waals surface area contributed by atoms with E-state index >= 15 is 0 Å². The van der Waals surface area contributed by atoms with Crippen LogP contribution in [0.5, 0.6) is 0 Å². The number of hydrogen-bond donors (Lipinski definition) is 1. The molecule has 0 amide bonds.